The van der Waals surface area contributed by atoms with Crippen LogP contribution >= 0.6 is 11.6 Å². The number of aliphatic imine (C=N–C) groups is 1. The first-order valence-corrected chi connectivity index (χ1v) is 6.71. The van der Waals surface area contributed by atoms with Crippen molar-refractivity contribution < 1.29 is 0 Å². The summed E-state index contributed by atoms with van der Waals surface area (Å²) >= 11 is 6.11. The van der Waals surface area contributed by atoms with Crippen molar-refractivity contribution in [3.63, 3.8) is 0 Å². The lowest BCUT2D eigenvalue weighted by Gasteiger charge is -2.12. The summed E-state index contributed by atoms with van der Waals surface area (Å²) in [5, 5.41) is 13.0. The van der Waals surface area contributed by atoms with Crippen molar-refractivity contribution in [2.75, 3.05) is 11.9 Å². The van der Waals surface area contributed by atoms with Crippen LogP contribution in [0.5, 0.6) is 0 Å². The molecule has 0 spiro atoms. The molecule has 0 saturated carbocycles. The molecule has 20 heavy (non-hydrogen) atoms. The number of fused-ring (bicyclic) bond motifs is 1. The number of hydrogen-bond acceptors (Lipinski definition) is 3. The Morgan fingerprint density at radius 2 is 2.00 bits per heavy atom. The van der Waals surface area contributed by atoms with Crippen molar-refractivity contribution in [3.8, 4) is 6.07 Å². The second-order valence-corrected chi connectivity index (χ2v) is 5.01. The normalized spacial score (nSPS) is 17.2. The Morgan fingerprint density at radius 3 is 2.75 bits per heavy atom. The highest BCUT2D eigenvalue weighted by Gasteiger charge is 2.19. The van der Waals surface area contributed by atoms with E-state index in [2.05, 4.69) is 16.4 Å². The van der Waals surface area contributed by atoms with Crippen LogP contribution in [0.2, 0.25) is 5.02 Å². The number of rotatable bonds is 1. The summed E-state index contributed by atoms with van der Waals surface area (Å²) in [6.45, 7) is 0.424. The average Bonchev–Trinajstić information content (AvgIpc) is 2.67. The van der Waals surface area contributed by atoms with Gasteiger partial charge in [0.05, 0.1) is 18.3 Å². The summed E-state index contributed by atoms with van der Waals surface area (Å²) in [6, 6.07) is 17.4. The van der Waals surface area contributed by atoms with Gasteiger partial charge in [0.25, 0.3) is 0 Å². The lowest BCUT2D eigenvalue weighted by molar-refractivity contribution is 0.897. The molecular weight excluding hydrogens is 270 g/mol. The van der Waals surface area contributed by atoms with Gasteiger partial charge in [-0.15, -0.1) is 0 Å². The molecule has 3 rings (SSSR count). The zero-order chi connectivity index (χ0) is 13.9. The van der Waals surface area contributed by atoms with Crippen LogP contribution < -0.4 is 5.32 Å². The van der Waals surface area contributed by atoms with Crippen LogP contribution in [-0.2, 0) is 0 Å². The van der Waals surface area contributed by atoms with Gasteiger partial charge < -0.3 is 5.32 Å². The number of hydrogen-bond donors (Lipinski definition) is 1. The number of benzene rings is 2. The fraction of sp³-hybridized carbons (Fsp3) is 0.125. The molecule has 1 aliphatic rings. The minimum atomic E-state index is -0.323. The molecule has 0 radical (unpaired) electrons. The van der Waals surface area contributed by atoms with E-state index in [-0.39, 0.29) is 6.04 Å². The van der Waals surface area contributed by atoms with E-state index in [9.17, 15) is 0 Å². The smallest absolute Gasteiger partial charge is 0.134 e. The Morgan fingerprint density at radius 1 is 1.20 bits per heavy atom. The van der Waals surface area contributed by atoms with Crippen molar-refractivity contribution in [3.05, 3.63) is 64.7 Å². The lowest BCUT2D eigenvalue weighted by Crippen LogP contribution is -2.19. The molecule has 1 aliphatic heterocycles. The number of nitrogens with zero attached hydrogens (tertiary/aromatic N) is 2. The first kappa shape index (κ1) is 12.7. The molecule has 1 unspecified atom stereocenters. The molecule has 3 nitrogen and oxygen atoms in total. The van der Waals surface area contributed by atoms with Crippen LogP contribution in [0, 0.1) is 11.3 Å². The van der Waals surface area contributed by atoms with Crippen LogP contribution in [-0.4, -0.2) is 18.3 Å². The molecule has 2 aromatic rings. The number of halogens is 1. The van der Waals surface area contributed by atoms with Gasteiger partial charge in [0.1, 0.15) is 6.04 Å². The topological polar surface area (TPSA) is 48.2 Å². The number of nitriles is 1. The third-order valence-corrected chi connectivity index (χ3v) is 3.44. The molecule has 2 aromatic carbocycles. The fourth-order valence-corrected chi connectivity index (χ4v) is 2.43. The Bertz CT molecular complexity index is 701. The largest absolute Gasteiger partial charge is 0.368 e. The van der Waals surface area contributed by atoms with Gasteiger partial charge in [-0.25, -0.2) is 0 Å². The Balaban J connectivity index is 2.17. The predicted octanol–water partition coefficient (Wildman–Crippen LogP) is 3.50. The molecule has 0 aromatic heterocycles. The van der Waals surface area contributed by atoms with Crippen molar-refractivity contribution in [2.24, 2.45) is 4.99 Å². The van der Waals surface area contributed by atoms with E-state index >= 15 is 0 Å². The van der Waals surface area contributed by atoms with Gasteiger partial charge in [0.2, 0.25) is 0 Å². The monoisotopic (exact) mass is 281 g/mol. The zero-order valence-corrected chi connectivity index (χ0v) is 11.4. The maximum atomic E-state index is 9.15. The molecule has 0 amide bonds. The summed E-state index contributed by atoms with van der Waals surface area (Å²) < 4.78 is 0. The third-order valence-electron chi connectivity index (χ3n) is 3.20. The summed E-state index contributed by atoms with van der Waals surface area (Å²) in [4.78, 5) is 4.60. The van der Waals surface area contributed by atoms with Gasteiger partial charge >= 0.3 is 0 Å². The Kier molecular flexibility index (Phi) is 3.41. The van der Waals surface area contributed by atoms with E-state index in [1.165, 1.54) is 0 Å². The number of nitrogens with one attached hydrogen (secondary N) is 1. The van der Waals surface area contributed by atoms with Gasteiger partial charge in [-0.2, -0.15) is 5.26 Å². The Hall–Kier alpha value is -2.31. The fourth-order valence-electron chi connectivity index (χ4n) is 2.26. The number of benzodiazepines with no additional fused rings is 1. The van der Waals surface area contributed by atoms with Gasteiger partial charge in [-0.1, -0.05) is 41.9 Å². The summed E-state index contributed by atoms with van der Waals surface area (Å²) in [5.41, 5.74) is 3.72. The van der Waals surface area contributed by atoms with E-state index in [0.29, 0.717) is 11.6 Å². The molecule has 1 N–H and O–H groups in total. The maximum Gasteiger partial charge on any atom is 0.134 e. The van der Waals surface area contributed by atoms with Crippen LogP contribution in [0.25, 0.3) is 0 Å². The molecular formula is C16H12ClN3. The second-order valence-electron chi connectivity index (χ2n) is 4.57. The van der Waals surface area contributed by atoms with E-state index in [1.54, 1.807) is 0 Å². The van der Waals surface area contributed by atoms with E-state index in [0.717, 1.165) is 22.5 Å². The highest BCUT2D eigenvalue weighted by atomic mass is 35.5. The van der Waals surface area contributed by atoms with Crippen LogP contribution in [0.4, 0.5) is 5.69 Å². The van der Waals surface area contributed by atoms with Crippen molar-refractivity contribution in [1.82, 2.24) is 0 Å². The lowest BCUT2D eigenvalue weighted by atomic mass is 10.0. The highest BCUT2D eigenvalue weighted by Crippen LogP contribution is 2.26. The quantitative estimate of drug-likeness (QED) is 0.870. The summed E-state index contributed by atoms with van der Waals surface area (Å²) in [7, 11) is 0. The Labute approximate surface area is 122 Å². The molecule has 0 fully saturated rings. The van der Waals surface area contributed by atoms with Crippen LogP contribution in [0.1, 0.15) is 11.1 Å². The van der Waals surface area contributed by atoms with E-state index < -0.39 is 0 Å². The van der Waals surface area contributed by atoms with E-state index in [4.69, 9.17) is 16.9 Å². The molecule has 0 saturated heterocycles. The van der Waals surface area contributed by atoms with Crippen molar-refractivity contribution >= 4 is 23.0 Å². The van der Waals surface area contributed by atoms with Crippen LogP contribution in [0.3, 0.4) is 0 Å². The molecule has 1 heterocycles. The molecule has 4 heteroatoms. The average molecular weight is 282 g/mol. The second kappa shape index (κ2) is 5.36. The summed E-state index contributed by atoms with van der Waals surface area (Å²) in [6.07, 6.45) is 0. The van der Waals surface area contributed by atoms with E-state index in [1.807, 2.05) is 48.5 Å². The highest BCUT2D eigenvalue weighted by molar-refractivity contribution is 6.31. The first-order chi connectivity index (χ1) is 9.78. The standard InChI is InChI=1S/C16H12ClN3/c17-12-6-7-15-14(8-12)16(11-4-2-1-3-5-11)19-10-13(9-18)20-15/h1-8,13,20H,10H2. The zero-order valence-electron chi connectivity index (χ0n) is 10.7. The SMILES string of the molecule is N#CC1CN=C(c2ccccc2)c2cc(Cl)ccc2N1. The first-order valence-electron chi connectivity index (χ1n) is 6.34. The van der Waals surface area contributed by atoms with Gasteiger partial charge in [-0.3, -0.25) is 4.99 Å². The maximum absolute atomic E-state index is 9.15. The molecule has 1 atom stereocenters. The molecule has 0 aliphatic carbocycles. The number of anilines is 1. The predicted molar refractivity (Wildman–Crippen MR) is 81.4 cm³/mol. The molecule has 0 bridgehead atoms. The minimum absolute atomic E-state index is 0.323. The van der Waals surface area contributed by atoms with Gasteiger partial charge in [0.15, 0.2) is 0 Å². The van der Waals surface area contributed by atoms with Gasteiger partial charge in [0, 0.05) is 21.8 Å². The van der Waals surface area contributed by atoms with Crippen molar-refractivity contribution in [1.29, 1.82) is 5.26 Å². The summed E-state index contributed by atoms with van der Waals surface area (Å²) in [5.74, 6) is 0. The van der Waals surface area contributed by atoms with Gasteiger partial charge in [-0.05, 0) is 18.2 Å². The third kappa shape index (κ3) is 2.38. The molecule has 98 valence electrons. The van der Waals surface area contributed by atoms with Crippen LogP contribution in [0.15, 0.2) is 53.5 Å². The van der Waals surface area contributed by atoms with Crippen molar-refractivity contribution in [2.45, 2.75) is 6.04 Å². The minimum Gasteiger partial charge on any atom is -0.368 e.